The van der Waals surface area contributed by atoms with Crippen LogP contribution in [-0.2, 0) is 19.3 Å². The molecule has 1 heterocycles. The van der Waals surface area contributed by atoms with Crippen molar-refractivity contribution in [3.63, 3.8) is 0 Å². The first-order chi connectivity index (χ1) is 6.61. The first-order valence-corrected chi connectivity index (χ1v) is 6.23. The van der Waals surface area contributed by atoms with Crippen LogP contribution in [0.2, 0.25) is 0 Å². The second-order valence-corrected chi connectivity index (χ2v) is 6.28. The summed E-state index contributed by atoms with van der Waals surface area (Å²) in [7, 11) is 0. The molecule has 0 unspecified atom stereocenters. The largest absolute Gasteiger partial charge is 0.330 e. The predicted octanol–water partition coefficient (Wildman–Crippen LogP) is 2.76. The summed E-state index contributed by atoms with van der Waals surface area (Å²) in [6, 6.07) is 2.41. The Balaban J connectivity index is 2.11. The van der Waals surface area contributed by atoms with Gasteiger partial charge in [-0.3, -0.25) is 0 Å². The number of rotatable bonds is 3. The molecule has 0 amide bonds. The van der Waals surface area contributed by atoms with Crippen molar-refractivity contribution in [2.75, 3.05) is 6.54 Å². The Kier molecular flexibility index (Phi) is 2.67. The van der Waals surface area contributed by atoms with Crippen molar-refractivity contribution in [2.45, 2.75) is 39.5 Å². The molecule has 0 bridgehead atoms. The molecule has 0 atom stereocenters. The van der Waals surface area contributed by atoms with E-state index in [1.165, 1.54) is 24.1 Å². The topological polar surface area (TPSA) is 26.0 Å². The average Bonchev–Trinajstić information content (AvgIpc) is 2.63. The second-order valence-electron chi connectivity index (χ2n) is 5.06. The van der Waals surface area contributed by atoms with Crippen molar-refractivity contribution in [3.05, 3.63) is 21.4 Å². The molecule has 2 rings (SSSR count). The Morgan fingerprint density at radius 1 is 1.43 bits per heavy atom. The SMILES string of the molecule is CC(C)(CN)Cc1cc2c(s1)CCC2. The monoisotopic (exact) mass is 209 g/mol. The summed E-state index contributed by atoms with van der Waals surface area (Å²) in [4.78, 5) is 3.16. The van der Waals surface area contributed by atoms with Gasteiger partial charge in [0, 0.05) is 9.75 Å². The van der Waals surface area contributed by atoms with Gasteiger partial charge >= 0.3 is 0 Å². The van der Waals surface area contributed by atoms with Crippen molar-refractivity contribution in [1.82, 2.24) is 0 Å². The summed E-state index contributed by atoms with van der Waals surface area (Å²) in [5.41, 5.74) is 7.62. The molecule has 0 spiro atoms. The Morgan fingerprint density at radius 3 is 2.86 bits per heavy atom. The highest BCUT2D eigenvalue weighted by atomic mass is 32.1. The zero-order chi connectivity index (χ0) is 10.2. The van der Waals surface area contributed by atoms with E-state index in [0.717, 1.165) is 13.0 Å². The van der Waals surface area contributed by atoms with E-state index in [2.05, 4.69) is 19.9 Å². The summed E-state index contributed by atoms with van der Waals surface area (Å²) in [6.07, 6.45) is 5.11. The van der Waals surface area contributed by atoms with Gasteiger partial charge in [0.15, 0.2) is 0 Å². The fraction of sp³-hybridized carbons (Fsp3) is 0.667. The van der Waals surface area contributed by atoms with Crippen LogP contribution in [0.15, 0.2) is 6.07 Å². The maximum atomic E-state index is 5.75. The molecular weight excluding hydrogens is 190 g/mol. The number of fused-ring (bicyclic) bond motifs is 1. The minimum absolute atomic E-state index is 0.262. The Bertz CT molecular complexity index is 304. The van der Waals surface area contributed by atoms with E-state index in [9.17, 15) is 0 Å². The molecule has 2 N–H and O–H groups in total. The van der Waals surface area contributed by atoms with Gasteiger partial charge in [-0.2, -0.15) is 0 Å². The molecular formula is C12H19NS. The minimum Gasteiger partial charge on any atom is -0.330 e. The van der Waals surface area contributed by atoms with E-state index in [1.54, 1.807) is 10.4 Å². The third-order valence-electron chi connectivity index (χ3n) is 3.00. The first kappa shape index (κ1) is 10.2. The van der Waals surface area contributed by atoms with Crippen molar-refractivity contribution in [2.24, 2.45) is 11.1 Å². The molecule has 1 aliphatic carbocycles. The molecule has 0 saturated carbocycles. The Hall–Kier alpha value is -0.340. The lowest BCUT2D eigenvalue weighted by molar-refractivity contribution is 0.379. The number of hydrogen-bond acceptors (Lipinski definition) is 2. The molecule has 1 aromatic heterocycles. The van der Waals surface area contributed by atoms with E-state index in [0.29, 0.717) is 0 Å². The van der Waals surface area contributed by atoms with Crippen LogP contribution < -0.4 is 5.73 Å². The summed E-state index contributed by atoms with van der Waals surface area (Å²) in [5, 5.41) is 0. The van der Waals surface area contributed by atoms with Gasteiger partial charge in [0.1, 0.15) is 0 Å². The lowest BCUT2D eigenvalue weighted by atomic mass is 9.89. The zero-order valence-corrected chi connectivity index (χ0v) is 9.91. The van der Waals surface area contributed by atoms with Crippen LogP contribution >= 0.6 is 11.3 Å². The van der Waals surface area contributed by atoms with Crippen molar-refractivity contribution in [3.8, 4) is 0 Å². The number of thiophene rings is 1. The normalized spacial score (nSPS) is 15.9. The standard InChI is InChI=1S/C12H19NS/c1-12(2,8-13)7-10-6-9-4-3-5-11(9)14-10/h6H,3-5,7-8,13H2,1-2H3. The lowest BCUT2D eigenvalue weighted by Crippen LogP contribution is -2.25. The molecule has 0 radical (unpaired) electrons. The van der Waals surface area contributed by atoms with Crippen LogP contribution in [-0.4, -0.2) is 6.54 Å². The van der Waals surface area contributed by atoms with E-state index in [-0.39, 0.29) is 5.41 Å². The minimum atomic E-state index is 0.262. The zero-order valence-electron chi connectivity index (χ0n) is 9.10. The van der Waals surface area contributed by atoms with Crippen molar-refractivity contribution < 1.29 is 0 Å². The maximum Gasteiger partial charge on any atom is 0.00802 e. The third-order valence-corrected chi connectivity index (χ3v) is 4.24. The molecule has 78 valence electrons. The highest BCUT2D eigenvalue weighted by Gasteiger charge is 2.20. The molecule has 1 nitrogen and oxygen atoms in total. The molecule has 0 aromatic carbocycles. The number of nitrogens with two attached hydrogens (primary N) is 1. The smallest absolute Gasteiger partial charge is 0.00802 e. The van der Waals surface area contributed by atoms with Crippen molar-refractivity contribution in [1.29, 1.82) is 0 Å². The van der Waals surface area contributed by atoms with Crippen molar-refractivity contribution >= 4 is 11.3 Å². The first-order valence-electron chi connectivity index (χ1n) is 5.41. The van der Waals surface area contributed by atoms with Gasteiger partial charge < -0.3 is 5.73 Å². The van der Waals surface area contributed by atoms with E-state index in [1.807, 2.05) is 11.3 Å². The molecule has 0 aliphatic heterocycles. The van der Waals surface area contributed by atoms with Crippen LogP contribution in [0.25, 0.3) is 0 Å². The van der Waals surface area contributed by atoms with Crippen LogP contribution in [0.1, 0.15) is 35.6 Å². The predicted molar refractivity (Wildman–Crippen MR) is 62.9 cm³/mol. The maximum absolute atomic E-state index is 5.75. The average molecular weight is 209 g/mol. The van der Waals surface area contributed by atoms with E-state index >= 15 is 0 Å². The molecule has 1 aliphatic rings. The number of aryl methyl sites for hydroxylation is 2. The molecule has 14 heavy (non-hydrogen) atoms. The van der Waals surface area contributed by atoms with E-state index in [4.69, 9.17) is 5.73 Å². The van der Waals surface area contributed by atoms with Gasteiger partial charge in [0.25, 0.3) is 0 Å². The van der Waals surface area contributed by atoms with Gasteiger partial charge in [-0.25, -0.2) is 0 Å². The van der Waals surface area contributed by atoms with Crippen LogP contribution in [0.3, 0.4) is 0 Å². The van der Waals surface area contributed by atoms with Crippen LogP contribution in [0, 0.1) is 5.41 Å². The van der Waals surface area contributed by atoms with Gasteiger partial charge in [-0.05, 0) is 49.3 Å². The highest BCUT2D eigenvalue weighted by Crippen LogP contribution is 2.33. The summed E-state index contributed by atoms with van der Waals surface area (Å²) >= 11 is 2.01. The fourth-order valence-electron chi connectivity index (χ4n) is 2.02. The quantitative estimate of drug-likeness (QED) is 0.814. The van der Waals surface area contributed by atoms with Gasteiger partial charge in [0.2, 0.25) is 0 Å². The molecule has 2 heteroatoms. The lowest BCUT2D eigenvalue weighted by Gasteiger charge is -2.21. The Morgan fingerprint density at radius 2 is 2.21 bits per heavy atom. The van der Waals surface area contributed by atoms with Gasteiger partial charge in [0.05, 0.1) is 0 Å². The molecule has 0 fully saturated rings. The van der Waals surface area contributed by atoms with Gasteiger partial charge in [-0.1, -0.05) is 13.8 Å². The van der Waals surface area contributed by atoms with Crippen LogP contribution in [0.4, 0.5) is 0 Å². The summed E-state index contributed by atoms with van der Waals surface area (Å²) in [6.45, 7) is 5.27. The molecule has 0 saturated heterocycles. The number of hydrogen-bond donors (Lipinski definition) is 1. The highest BCUT2D eigenvalue weighted by molar-refractivity contribution is 7.12. The van der Waals surface area contributed by atoms with E-state index < -0.39 is 0 Å². The Labute approximate surface area is 90.3 Å². The van der Waals surface area contributed by atoms with Crippen LogP contribution in [0.5, 0.6) is 0 Å². The summed E-state index contributed by atoms with van der Waals surface area (Å²) in [5.74, 6) is 0. The molecule has 1 aromatic rings. The van der Waals surface area contributed by atoms with Gasteiger partial charge in [-0.15, -0.1) is 11.3 Å². The third kappa shape index (κ3) is 2.01. The second kappa shape index (κ2) is 3.67. The fourth-order valence-corrected chi connectivity index (χ4v) is 3.54. The summed E-state index contributed by atoms with van der Waals surface area (Å²) < 4.78 is 0.